The number of methoxy groups -OCH3 is 1. The van der Waals surface area contributed by atoms with Crippen LogP contribution in [0.2, 0.25) is 0 Å². The molecule has 7 rings (SSSR count). The lowest BCUT2D eigenvalue weighted by atomic mass is 9.63. The van der Waals surface area contributed by atoms with Crippen molar-refractivity contribution in [1.29, 1.82) is 0 Å². The third-order valence-electron chi connectivity index (χ3n) is 8.95. The predicted molar refractivity (Wildman–Crippen MR) is 161 cm³/mol. The van der Waals surface area contributed by atoms with E-state index in [1.54, 1.807) is 7.11 Å². The Morgan fingerprint density at radius 3 is 2.26 bits per heavy atom. The normalized spacial score (nSPS) is 17.0. The molecule has 0 radical (unpaired) electrons. The summed E-state index contributed by atoms with van der Waals surface area (Å²) in [5, 5.41) is 6.31. The highest BCUT2D eigenvalue weighted by atomic mass is 16.5. The van der Waals surface area contributed by atoms with Crippen LogP contribution in [0.4, 0.5) is 5.69 Å². The van der Waals surface area contributed by atoms with Gasteiger partial charge < -0.3 is 20.0 Å². The average Bonchev–Trinajstić information content (AvgIpc) is 3.73. The molecule has 4 heteroatoms. The molecule has 3 unspecified atom stereocenters. The van der Waals surface area contributed by atoms with Gasteiger partial charge in [0.15, 0.2) is 0 Å². The number of H-pyrrole nitrogens is 2. The Labute approximate surface area is 229 Å². The van der Waals surface area contributed by atoms with Crippen LogP contribution in [0.15, 0.2) is 109 Å². The molecule has 3 heterocycles. The Morgan fingerprint density at radius 1 is 0.795 bits per heavy atom. The van der Waals surface area contributed by atoms with Gasteiger partial charge in [-0.15, -0.1) is 0 Å². The van der Waals surface area contributed by atoms with E-state index in [4.69, 9.17) is 4.74 Å². The van der Waals surface area contributed by atoms with E-state index >= 15 is 0 Å². The highest BCUT2D eigenvalue weighted by Gasteiger charge is 2.44. The molecule has 3 N–H and O–H groups in total. The minimum atomic E-state index is -0.165. The first-order chi connectivity index (χ1) is 19.2. The molecule has 2 aromatic heterocycles. The lowest BCUT2D eigenvalue weighted by Gasteiger charge is -2.39. The van der Waals surface area contributed by atoms with Crippen LogP contribution >= 0.6 is 0 Å². The van der Waals surface area contributed by atoms with Crippen LogP contribution in [0.25, 0.3) is 21.8 Å². The Balaban J connectivity index is 1.43. The zero-order chi connectivity index (χ0) is 26.4. The van der Waals surface area contributed by atoms with E-state index in [9.17, 15) is 0 Å². The van der Waals surface area contributed by atoms with Crippen LogP contribution in [-0.2, 0) is 5.41 Å². The van der Waals surface area contributed by atoms with E-state index in [0.717, 1.165) is 18.7 Å². The Kier molecular flexibility index (Phi) is 5.70. The minimum Gasteiger partial charge on any atom is -0.497 e. The fraction of sp³-hybridized carbons (Fsp3) is 0.200. The smallest absolute Gasteiger partial charge is 0.118 e. The summed E-state index contributed by atoms with van der Waals surface area (Å²) < 4.78 is 5.52. The molecule has 4 aromatic carbocycles. The molecule has 0 saturated heterocycles. The third-order valence-corrected chi connectivity index (χ3v) is 8.95. The van der Waals surface area contributed by atoms with Gasteiger partial charge >= 0.3 is 0 Å². The number of fused-ring (bicyclic) bond motifs is 3. The maximum atomic E-state index is 5.52. The van der Waals surface area contributed by atoms with Gasteiger partial charge in [-0.1, -0.05) is 73.7 Å². The topological polar surface area (TPSA) is 52.8 Å². The first-order valence-electron chi connectivity index (χ1n) is 13.7. The molecule has 3 atom stereocenters. The highest BCUT2D eigenvalue weighted by molar-refractivity contribution is 5.86. The van der Waals surface area contributed by atoms with Gasteiger partial charge in [0.1, 0.15) is 5.75 Å². The van der Waals surface area contributed by atoms with Gasteiger partial charge in [-0.25, -0.2) is 0 Å². The summed E-state index contributed by atoms with van der Waals surface area (Å²) in [6.07, 6.45) is 5.42. The fourth-order valence-electron chi connectivity index (χ4n) is 6.89. The second-order valence-corrected chi connectivity index (χ2v) is 11.0. The van der Waals surface area contributed by atoms with E-state index in [0.29, 0.717) is 5.92 Å². The molecular formula is C35H33N3O. The zero-order valence-corrected chi connectivity index (χ0v) is 22.4. The van der Waals surface area contributed by atoms with Crippen LogP contribution in [0.3, 0.4) is 0 Å². The molecule has 0 bridgehead atoms. The monoisotopic (exact) mass is 511 g/mol. The zero-order valence-electron chi connectivity index (χ0n) is 22.4. The first-order valence-corrected chi connectivity index (χ1v) is 13.7. The molecule has 0 saturated carbocycles. The number of hydrogen-bond acceptors (Lipinski definition) is 2. The van der Waals surface area contributed by atoms with E-state index < -0.39 is 0 Å². The van der Waals surface area contributed by atoms with Crippen LogP contribution in [0, 0.1) is 0 Å². The van der Waals surface area contributed by atoms with Crippen molar-refractivity contribution in [2.75, 3.05) is 19.0 Å². The Hall–Kier alpha value is -4.44. The van der Waals surface area contributed by atoms with Gasteiger partial charge in [0.25, 0.3) is 0 Å². The third kappa shape index (κ3) is 3.90. The van der Waals surface area contributed by atoms with Crippen molar-refractivity contribution in [1.82, 2.24) is 9.97 Å². The van der Waals surface area contributed by atoms with Crippen LogP contribution < -0.4 is 10.1 Å². The van der Waals surface area contributed by atoms with Crippen molar-refractivity contribution in [3.8, 4) is 5.75 Å². The number of aromatic nitrogens is 2. The molecular weight excluding hydrogens is 478 g/mol. The van der Waals surface area contributed by atoms with Crippen molar-refractivity contribution < 1.29 is 4.74 Å². The standard InChI is InChI=1S/C35H33N3O/c1-35(30-21-37-33-13-7-4-10-26(30)33,31-22-38-34-14-8-5-11-27(31)34)19-28(23-15-17-24(39-2)18-16-23)29-20-36-32-12-6-3-9-25(29)32/h3-18,20-21,28,31,36-38H,19,22H2,1-2H3. The van der Waals surface area contributed by atoms with Crippen molar-refractivity contribution in [3.05, 3.63) is 132 Å². The van der Waals surface area contributed by atoms with Gasteiger partial charge in [0.2, 0.25) is 0 Å². The second-order valence-electron chi connectivity index (χ2n) is 11.0. The van der Waals surface area contributed by atoms with Gasteiger partial charge in [-0.05, 0) is 59.0 Å². The number of nitrogens with one attached hydrogen (secondary N) is 3. The van der Waals surface area contributed by atoms with E-state index in [2.05, 4.69) is 132 Å². The number of ether oxygens (including phenoxy) is 1. The lowest BCUT2D eigenvalue weighted by Crippen LogP contribution is -2.34. The van der Waals surface area contributed by atoms with Crippen molar-refractivity contribution >= 4 is 27.5 Å². The van der Waals surface area contributed by atoms with Crippen LogP contribution in [-0.4, -0.2) is 23.6 Å². The summed E-state index contributed by atoms with van der Waals surface area (Å²) >= 11 is 0. The molecule has 0 amide bonds. The molecule has 194 valence electrons. The fourth-order valence-corrected chi connectivity index (χ4v) is 6.89. The number of benzene rings is 4. The van der Waals surface area contributed by atoms with Crippen molar-refractivity contribution in [2.24, 2.45) is 0 Å². The maximum Gasteiger partial charge on any atom is 0.118 e. The van der Waals surface area contributed by atoms with E-state index in [-0.39, 0.29) is 11.3 Å². The minimum absolute atomic E-state index is 0.165. The highest BCUT2D eigenvalue weighted by Crippen LogP contribution is 2.52. The SMILES string of the molecule is COc1ccc(C(CC(C)(c2c[nH]c3ccccc23)C2CNc3ccccc32)c2c[nH]c3ccccc23)cc1. The predicted octanol–water partition coefficient (Wildman–Crippen LogP) is 8.35. The molecule has 0 aliphatic carbocycles. The molecule has 39 heavy (non-hydrogen) atoms. The summed E-state index contributed by atoms with van der Waals surface area (Å²) in [5.41, 5.74) is 8.85. The molecule has 0 spiro atoms. The summed E-state index contributed by atoms with van der Waals surface area (Å²) in [7, 11) is 1.73. The molecule has 6 aromatic rings. The van der Waals surface area contributed by atoms with Gasteiger partial charge in [0.05, 0.1) is 7.11 Å². The van der Waals surface area contributed by atoms with Crippen molar-refractivity contribution in [3.63, 3.8) is 0 Å². The number of aromatic amines is 2. The Morgan fingerprint density at radius 2 is 1.46 bits per heavy atom. The number of para-hydroxylation sites is 3. The number of anilines is 1. The molecule has 1 aliphatic heterocycles. The first kappa shape index (κ1) is 23.7. The summed E-state index contributed by atoms with van der Waals surface area (Å²) in [6.45, 7) is 3.39. The van der Waals surface area contributed by atoms with Gasteiger partial charge in [-0.2, -0.15) is 0 Å². The summed E-state index contributed by atoms with van der Waals surface area (Å²) in [5.74, 6) is 1.38. The lowest BCUT2D eigenvalue weighted by molar-refractivity contribution is 0.352. The van der Waals surface area contributed by atoms with Crippen LogP contribution in [0.1, 0.15) is 47.4 Å². The van der Waals surface area contributed by atoms with Gasteiger partial charge in [0, 0.05) is 63.7 Å². The largest absolute Gasteiger partial charge is 0.497 e. The molecule has 4 nitrogen and oxygen atoms in total. The second kappa shape index (κ2) is 9.39. The maximum absolute atomic E-state index is 5.52. The quantitative estimate of drug-likeness (QED) is 0.202. The summed E-state index contributed by atoms with van der Waals surface area (Å²) in [4.78, 5) is 7.14. The Bertz CT molecular complexity index is 1760. The summed E-state index contributed by atoms with van der Waals surface area (Å²) in [6, 6.07) is 34.8. The van der Waals surface area contributed by atoms with E-state index in [1.165, 1.54) is 49.7 Å². The molecule has 1 aliphatic rings. The van der Waals surface area contributed by atoms with Gasteiger partial charge in [-0.3, -0.25) is 0 Å². The van der Waals surface area contributed by atoms with Crippen LogP contribution in [0.5, 0.6) is 5.75 Å². The average molecular weight is 512 g/mol. The van der Waals surface area contributed by atoms with Crippen molar-refractivity contribution in [2.45, 2.75) is 30.6 Å². The van der Waals surface area contributed by atoms with E-state index in [1.807, 2.05) is 0 Å². The number of hydrogen-bond donors (Lipinski definition) is 3. The molecule has 0 fully saturated rings. The number of rotatable bonds is 7.